The first-order chi connectivity index (χ1) is 12.9. The van der Waals surface area contributed by atoms with Crippen molar-refractivity contribution in [1.29, 1.82) is 0 Å². The van der Waals surface area contributed by atoms with Crippen molar-refractivity contribution in [2.75, 3.05) is 18.5 Å². The third-order valence-electron chi connectivity index (χ3n) is 4.51. The number of ether oxygens (including phenoxy) is 3. The van der Waals surface area contributed by atoms with Crippen molar-refractivity contribution in [3.05, 3.63) is 60.2 Å². The van der Waals surface area contributed by atoms with E-state index in [0.29, 0.717) is 5.69 Å². The minimum atomic E-state index is -0.507. The molecular weight excluding hydrogens is 342 g/mol. The number of anilines is 1. The molecule has 146 valence electrons. The highest BCUT2D eigenvalue weighted by Gasteiger charge is 2.17. The molecule has 2 rings (SSSR count). The molecule has 27 heavy (non-hydrogen) atoms. The van der Waals surface area contributed by atoms with Crippen molar-refractivity contribution in [1.82, 2.24) is 0 Å². The fourth-order valence-electron chi connectivity index (χ4n) is 2.44. The lowest BCUT2D eigenvalue weighted by molar-refractivity contribution is -0.0765. The lowest BCUT2D eigenvalue weighted by Gasteiger charge is -2.23. The van der Waals surface area contributed by atoms with Crippen LogP contribution in [-0.2, 0) is 14.9 Å². The molecule has 0 heterocycles. The van der Waals surface area contributed by atoms with Gasteiger partial charge >= 0.3 is 6.09 Å². The van der Waals surface area contributed by atoms with Gasteiger partial charge < -0.3 is 14.2 Å². The van der Waals surface area contributed by atoms with Gasteiger partial charge in [0.1, 0.15) is 12.4 Å². The molecule has 0 radical (unpaired) electrons. The smallest absolute Gasteiger partial charge is 0.411 e. The number of hydrogen-bond donors (Lipinski definition) is 1. The summed E-state index contributed by atoms with van der Waals surface area (Å²) in [5.41, 5.74) is 2.12. The fraction of sp³-hybridized carbons (Fsp3) is 0.409. The van der Waals surface area contributed by atoms with E-state index in [-0.39, 0.29) is 18.6 Å². The van der Waals surface area contributed by atoms with Crippen LogP contribution in [-0.4, -0.2) is 25.6 Å². The summed E-state index contributed by atoms with van der Waals surface area (Å²) in [4.78, 5) is 11.7. The van der Waals surface area contributed by atoms with Crippen molar-refractivity contribution in [3.8, 4) is 5.75 Å². The number of benzene rings is 2. The maximum atomic E-state index is 11.7. The van der Waals surface area contributed by atoms with E-state index in [1.807, 2.05) is 37.3 Å². The summed E-state index contributed by atoms with van der Waals surface area (Å²) in [6.45, 7) is 8.85. The number of carbonyl (C=O) groups is 1. The molecule has 1 unspecified atom stereocenters. The summed E-state index contributed by atoms with van der Waals surface area (Å²) in [5, 5.41) is 2.64. The molecule has 2 aromatic carbocycles. The average Bonchev–Trinajstić information content (AvgIpc) is 2.66. The normalized spacial score (nSPS) is 12.3. The quantitative estimate of drug-likeness (QED) is 0.476. The zero-order chi connectivity index (χ0) is 19.7. The van der Waals surface area contributed by atoms with Crippen LogP contribution in [0.15, 0.2) is 54.6 Å². The molecule has 0 spiro atoms. The van der Waals surface area contributed by atoms with E-state index in [0.717, 1.165) is 12.2 Å². The first kappa shape index (κ1) is 20.8. The van der Waals surface area contributed by atoms with Gasteiger partial charge in [-0.1, -0.05) is 51.1 Å². The molecule has 5 heteroatoms. The predicted molar refractivity (Wildman–Crippen MR) is 107 cm³/mol. The van der Waals surface area contributed by atoms with Gasteiger partial charge in [-0.3, -0.25) is 5.32 Å². The Bertz CT molecular complexity index is 698. The van der Waals surface area contributed by atoms with Crippen LogP contribution >= 0.6 is 0 Å². The maximum Gasteiger partial charge on any atom is 0.411 e. The van der Waals surface area contributed by atoms with Crippen molar-refractivity contribution < 1.29 is 19.0 Å². The number of para-hydroxylation sites is 1. The Morgan fingerprint density at radius 3 is 2.33 bits per heavy atom. The highest BCUT2D eigenvalue weighted by atomic mass is 16.7. The SMILES string of the molecule is CCC(C)(C)c1ccc(OC(C)OCCOC(=O)Nc2ccccc2)cc1. The predicted octanol–water partition coefficient (Wildman–Crippen LogP) is 5.36. The summed E-state index contributed by atoms with van der Waals surface area (Å²) < 4.78 is 16.4. The Morgan fingerprint density at radius 2 is 1.70 bits per heavy atom. The third kappa shape index (κ3) is 6.94. The summed E-state index contributed by atoms with van der Waals surface area (Å²) in [6, 6.07) is 17.2. The topological polar surface area (TPSA) is 56.8 Å². The van der Waals surface area contributed by atoms with Gasteiger partial charge in [-0.25, -0.2) is 4.79 Å². The van der Waals surface area contributed by atoms with E-state index < -0.39 is 12.4 Å². The summed E-state index contributed by atoms with van der Waals surface area (Å²) in [6.07, 6.45) is 0.133. The molecule has 0 aliphatic carbocycles. The molecule has 1 N–H and O–H groups in total. The number of nitrogens with one attached hydrogen (secondary N) is 1. The minimum Gasteiger partial charge on any atom is -0.465 e. The van der Waals surface area contributed by atoms with Crippen molar-refractivity contribution in [2.45, 2.75) is 45.8 Å². The van der Waals surface area contributed by atoms with Gasteiger partial charge in [0, 0.05) is 5.69 Å². The molecule has 0 aliphatic rings. The fourth-order valence-corrected chi connectivity index (χ4v) is 2.44. The van der Waals surface area contributed by atoms with Crippen LogP contribution in [0.2, 0.25) is 0 Å². The van der Waals surface area contributed by atoms with Gasteiger partial charge in [0.2, 0.25) is 0 Å². The van der Waals surface area contributed by atoms with E-state index in [1.165, 1.54) is 5.56 Å². The van der Waals surface area contributed by atoms with Crippen LogP contribution in [0.1, 0.15) is 39.7 Å². The van der Waals surface area contributed by atoms with Crippen LogP contribution in [0.3, 0.4) is 0 Å². The largest absolute Gasteiger partial charge is 0.465 e. The second-order valence-electron chi connectivity index (χ2n) is 6.95. The standard InChI is InChI=1S/C22H29NO4/c1-5-22(3,4)18-11-13-20(14-12-18)27-17(2)25-15-16-26-21(24)23-19-9-7-6-8-10-19/h6-14,17H,5,15-16H2,1-4H3,(H,23,24). The molecule has 2 aromatic rings. The van der Waals surface area contributed by atoms with E-state index >= 15 is 0 Å². The zero-order valence-electron chi connectivity index (χ0n) is 16.5. The number of carbonyl (C=O) groups excluding carboxylic acids is 1. The second kappa shape index (κ2) is 9.97. The van der Waals surface area contributed by atoms with E-state index in [1.54, 1.807) is 12.1 Å². The highest BCUT2D eigenvalue weighted by Crippen LogP contribution is 2.28. The van der Waals surface area contributed by atoms with Crippen molar-refractivity contribution >= 4 is 11.8 Å². The van der Waals surface area contributed by atoms with Gasteiger partial charge in [0.15, 0.2) is 6.29 Å². The van der Waals surface area contributed by atoms with E-state index in [9.17, 15) is 4.79 Å². The lowest BCUT2D eigenvalue weighted by Crippen LogP contribution is -2.22. The first-order valence-corrected chi connectivity index (χ1v) is 9.28. The Morgan fingerprint density at radius 1 is 1.04 bits per heavy atom. The summed E-state index contributed by atoms with van der Waals surface area (Å²) in [5.74, 6) is 0.751. The van der Waals surface area contributed by atoms with Crippen LogP contribution < -0.4 is 10.1 Å². The molecule has 0 bridgehead atoms. The molecule has 0 aromatic heterocycles. The molecule has 1 atom stereocenters. The van der Waals surface area contributed by atoms with Crippen LogP contribution in [0, 0.1) is 0 Å². The van der Waals surface area contributed by atoms with Gasteiger partial charge in [-0.2, -0.15) is 0 Å². The molecular formula is C22H29NO4. The Balaban J connectivity index is 1.67. The van der Waals surface area contributed by atoms with Gasteiger partial charge in [-0.05, 0) is 48.6 Å². The van der Waals surface area contributed by atoms with Gasteiger partial charge in [-0.15, -0.1) is 0 Å². The van der Waals surface area contributed by atoms with Crippen LogP contribution in [0.5, 0.6) is 5.75 Å². The van der Waals surface area contributed by atoms with Crippen LogP contribution in [0.25, 0.3) is 0 Å². The number of hydrogen-bond acceptors (Lipinski definition) is 4. The minimum absolute atomic E-state index is 0.149. The molecule has 5 nitrogen and oxygen atoms in total. The molecule has 0 aliphatic heterocycles. The second-order valence-corrected chi connectivity index (χ2v) is 6.95. The average molecular weight is 371 g/mol. The summed E-state index contributed by atoms with van der Waals surface area (Å²) in [7, 11) is 0. The van der Waals surface area contributed by atoms with E-state index in [2.05, 4.69) is 38.2 Å². The van der Waals surface area contributed by atoms with E-state index in [4.69, 9.17) is 14.2 Å². The molecule has 1 amide bonds. The lowest BCUT2D eigenvalue weighted by atomic mass is 9.82. The number of amides is 1. The Hall–Kier alpha value is -2.53. The third-order valence-corrected chi connectivity index (χ3v) is 4.51. The van der Waals surface area contributed by atoms with Gasteiger partial charge in [0.05, 0.1) is 6.61 Å². The molecule has 0 fully saturated rings. The Labute approximate surface area is 161 Å². The maximum absolute atomic E-state index is 11.7. The summed E-state index contributed by atoms with van der Waals surface area (Å²) >= 11 is 0. The zero-order valence-corrected chi connectivity index (χ0v) is 16.5. The number of rotatable bonds is 9. The van der Waals surface area contributed by atoms with Crippen LogP contribution in [0.4, 0.5) is 10.5 Å². The first-order valence-electron chi connectivity index (χ1n) is 9.28. The highest BCUT2D eigenvalue weighted by molar-refractivity contribution is 5.84. The Kier molecular flexibility index (Phi) is 7.67. The van der Waals surface area contributed by atoms with Gasteiger partial charge in [0.25, 0.3) is 0 Å². The van der Waals surface area contributed by atoms with Crippen molar-refractivity contribution in [2.24, 2.45) is 0 Å². The monoisotopic (exact) mass is 371 g/mol. The van der Waals surface area contributed by atoms with Crippen molar-refractivity contribution in [3.63, 3.8) is 0 Å². The molecule has 0 saturated heterocycles. The molecule has 0 saturated carbocycles.